The van der Waals surface area contributed by atoms with Crippen LogP contribution in [-0.4, -0.2) is 42.8 Å². The molecule has 1 aromatic rings. The topological polar surface area (TPSA) is 93.4 Å². The van der Waals surface area contributed by atoms with Crippen molar-refractivity contribution in [2.75, 3.05) is 20.3 Å². The Morgan fingerprint density at radius 2 is 2.04 bits per heavy atom. The van der Waals surface area contributed by atoms with E-state index in [9.17, 15) is 14.9 Å². The number of hydrogen-bond donors (Lipinski definition) is 1. The van der Waals surface area contributed by atoms with Gasteiger partial charge in [-0.3, -0.25) is 4.79 Å². The predicted octanol–water partition coefficient (Wildman–Crippen LogP) is 2.29. The molecule has 1 amide bonds. The van der Waals surface area contributed by atoms with E-state index in [1.54, 1.807) is 14.0 Å². The van der Waals surface area contributed by atoms with Gasteiger partial charge in [-0.2, -0.15) is 5.26 Å². The van der Waals surface area contributed by atoms with Crippen LogP contribution in [0.2, 0.25) is 0 Å². The van der Waals surface area contributed by atoms with E-state index in [0.29, 0.717) is 13.2 Å². The third-order valence-electron chi connectivity index (χ3n) is 4.02. The van der Waals surface area contributed by atoms with Gasteiger partial charge in [0.15, 0.2) is 6.10 Å². The fourth-order valence-electron chi connectivity index (χ4n) is 2.83. The molecule has 1 rings (SSSR count). The van der Waals surface area contributed by atoms with Gasteiger partial charge in [0, 0.05) is 25.0 Å². The van der Waals surface area contributed by atoms with Gasteiger partial charge < -0.3 is 19.4 Å². The lowest BCUT2D eigenvalue weighted by atomic mass is 10.1. The van der Waals surface area contributed by atoms with Crippen LogP contribution in [0.4, 0.5) is 0 Å². The molecule has 7 nitrogen and oxygen atoms in total. The van der Waals surface area contributed by atoms with Gasteiger partial charge in [-0.1, -0.05) is 0 Å². The molecule has 2 atom stereocenters. The first-order valence-corrected chi connectivity index (χ1v) is 8.54. The van der Waals surface area contributed by atoms with Crippen molar-refractivity contribution in [2.45, 2.75) is 46.8 Å². The molecule has 0 unspecified atom stereocenters. The van der Waals surface area contributed by atoms with Crippen molar-refractivity contribution in [3.8, 4) is 6.07 Å². The summed E-state index contributed by atoms with van der Waals surface area (Å²) in [5.74, 6) is -1.22. The minimum absolute atomic E-state index is 0.123. The number of aromatic nitrogens is 1. The first kappa shape index (κ1) is 21.5. The molecule has 0 bridgehead atoms. The number of methoxy groups -OCH3 is 1. The fraction of sp³-hybridized carbons (Fsp3) is 0.526. The molecule has 0 aliphatic carbocycles. The summed E-state index contributed by atoms with van der Waals surface area (Å²) < 4.78 is 12.4. The minimum atomic E-state index is -0.964. The molecule has 1 N–H and O–H groups in total. The Morgan fingerprint density at radius 3 is 2.58 bits per heavy atom. The van der Waals surface area contributed by atoms with Crippen LogP contribution in [0.3, 0.4) is 0 Å². The molecular weight excluding hydrogens is 334 g/mol. The second-order valence-corrected chi connectivity index (χ2v) is 6.11. The van der Waals surface area contributed by atoms with E-state index < -0.39 is 18.0 Å². The van der Waals surface area contributed by atoms with E-state index in [2.05, 4.69) is 9.88 Å². The van der Waals surface area contributed by atoms with Gasteiger partial charge in [0.2, 0.25) is 0 Å². The number of nitrogens with zero attached hydrogens (tertiary/aromatic N) is 2. The minimum Gasteiger partial charge on any atom is -0.448 e. The molecule has 26 heavy (non-hydrogen) atoms. The number of ether oxygens (including phenoxy) is 2. The zero-order chi connectivity index (χ0) is 19.9. The SMILES string of the molecule is CCNC(=O)[C@H](C)OC(=O)/C(C#N)=C/c1cc(C)n([C@@H](C)COC)c1C. The van der Waals surface area contributed by atoms with Crippen LogP contribution in [0.5, 0.6) is 0 Å². The summed E-state index contributed by atoms with van der Waals surface area (Å²) >= 11 is 0. The van der Waals surface area contributed by atoms with E-state index in [1.807, 2.05) is 32.9 Å². The Morgan fingerprint density at radius 1 is 1.38 bits per heavy atom. The van der Waals surface area contributed by atoms with Gasteiger partial charge in [-0.25, -0.2) is 4.79 Å². The normalized spacial score (nSPS) is 13.7. The van der Waals surface area contributed by atoms with Gasteiger partial charge in [0.05, 0.1) is 12.6 Å². The Balaban J connectivity index is 3.06. The van der Waals surface area contributed by atoms with Crippen molar-refractivity contribution in [1.82, 2.24) is 9.88 Å². The van der Waals surface area contributed by atoms with E-state index >= 15 is 0 Å². The second-order valence-electron chi connectivity index (χ2n) is 6.11. The van der Waals surface area contributed by atoms with E-state index in [0.717, 1.165) is 17.0 Å². The van der Waals surface area contributed by atoms with Crippen molar-refractivity contribution in [2.24, 2.45) is 0 Å². The van der Waals surface area contributed by atoms with Crippen LogP contribution in [0.15, 0.2) is 11.6 Å². The molecule has 0 radical (unpaired) electrons. The van der Waals surface area contributed by atoms with E-state index in [1.165, 1.54) is 13.0 Å². The number of esters is 1. The summed E-state index contributed by atoms with van der Waals surface area (Å²) in [6.45, 7) is 10.1. The Bertz CT molecular complexity index is 728. The molecular formula is C19H27N3O4. The third-order valence-corrected chi connectivity index (χ3v) is 4.02. The van der Waals surface area contributed by atoms with Crippen molar-refractivity contribution >= 4 is 18.0 Å². The monoisotopic (exact) mass is 361 g/mol. The van der Waals surface area contributed by atoms with Crippen molar-refractivity contribution in [1.29, 1.82) is 5.26 Å². The molecule has 1 heterocycles. The van der Waals surface area contributed by atoms with Gasteiger partial charge >= 0.3 is 5.97 Å². The fourth-order valence-corrected chi connectivity index (χ4v) is 2.83. The van der Waals surface area contributed by atoms with Crippen LogP contribution < -0.4 is 5.32 Å². The standard InChI is InChI=1S/C19H27N3O4/c1-7-21-18(23)15(5)26-19(24)17(10-20)9-16-8-12(2)22(14(16)4)13(3)11-25-6/h8-9,13,15H,7,11H2,1-6H3,(H,21,23)/b17-9+/t13-,15-/m0/s1. The summed E-state index contributed by atoms with van der Waals surface area (Å²) in [7, 11) is 1.64. The maximum absolute atomic E-state index is 12.2. The number of carbonyl (C=O) groups excluding carboxylic acids is 2. The smallest absolute Gasteiger partial charge is 0.349 e. The molecule has 0 spiro atoms. The number of carbonyl (C=O) groups is 2. The Labute approximate surface area is 154 Å². The summed E-state index contributed by atoms with van der Waals surface area (Å²) in [6, 6.07) is 3.88. The average Bonchev–Trinajstić information content (AvgIpc) is 2.86. The maximum atomic E-state index is 12.2. The van der Waals surface area contributed by atoms with E-state index in [-0.39, 0.29) is 11.6 Å². The quantitative estimate of drug-likeness (QED) is 0.436. The molecule has 1 aromatic heterocycles. The predicted molar refractivity (Wildman–Crippen MR) is 98.3 cm³/mol. The number of rotatable bonds is 8. The second kappa shape index (κ2) is 9.78. The van der Waals surface area contributed by atoms with Crippen LogP contribution in [0.25, 0.3) is 6.08 Å². The maximum Gasteiger partial charge on any atom is 0.349 e. The largest absolute Gasteiger partial charge is 0.448 e. The highest BCUT2D eigenvalue weighted by molar-refractivity contribution is 5.99. The van der Waals surface area contributed by atoms with Gasteiger partial charge in [0.25, 0.3) is 5.91 Å². The highest BCUT2D eigenvalue weighted by Gasteiger charge is 2.21. The Kier molecular flexibility index (Phi) is 8.07. The number of aryl methyl sites for hydroxylation is 1. The molecule has 0 aliphatic heterocycles. The van der Waals surface area contributed by atoms with Crippen molar-refractivity contribution in [3.05, 3.63) is 28.6 Å². The Hall–Kier alpha value is -2.59. The summed E-state index contributed by atoms with van der Waals surface area (Å²) in [5.41, 5.74) is 2.52. The zero-order valence-electron chi connectivity index (χ0n) is 16.3. The third kappa shape index (κ3) is 5.20. The van der Waals surface area contributed by atoms with Crippen LogP contribution in [-0.2, 0) is 19.1 Å². The molecule has 0 fully saturated rings. The molecule has 7 heteroatoms. The average molecular weight is 361 g/mol. The molecule has 142 valence electrons. The lowest BCUT2D eigenvalue weighted by Gasteiger charge is -2.17. The summed E-state index contributed by atoms with van der Waals surface area (Å²) in [6.07, 6.45) is 0.527. The van der Waals surface area contributed by atoms with Crippen molar-refractivity contribution in [3.63, 3.8) is 0 Å². The summed E-state index contributed by atoms with van der Waals surface area (Å²) in [4.78, 5) is 23.9. The number of amides is 1. The van der Waals surface area contributed by atoms with Crippen LogP contribution >= 0.6 is 0 Å². The molecule has 0 saturated heterocycles. The summed E-state index contributed by atoms with van der Waals surface area (Å²) in [5, 5.41) is 11.9. The van der Waals surface area contributed by atoms with Crippen LogP contribution in [0.1, 0.15) is 43.8 Å². The number of nitriles is 1. The molecule has 0 saturated carbocycles. The van der Waals surface area contributed by atoms with Gasteiger partial charge in [-0.15, -0.1) is 0 Å². The van der Waals surface area contributed by atoms with Crippen molar-refractivity contribution < 1.29 is 19.1 Å². The lowest BCUT2D eigenvalue weighted by molar-refractivity contribution is -0.150. The first-order chi connectivity index (χ1) is 12.3. The van der Waals surface area contributed by atoms with Crippen LogP contribution in [0, 0.1) is 25.2 Å². The molecule has 0 aromatic carbocycles. The number of hydrogen-bond acceptors (Lipinski definition) is 5. The van der Waals surface area contributed by atoms with Gasteiger partial charge in [-0.05, 0) is 52.3 Å². The van der Waals surface area contributed by atoms with E-state index in [4.69, 9.17) is 9.47 Å². The zero-order valence-corrected chi connectivity index (χ0v) is 16.3. The highest BCUT2D eigenvalue weighted by Crippen LogP contribution is 2.23. The highest BCUT2D eigenvalue weighted by atomic mass is 16.5. The first-order valence-electron chi connectivity index (χ1n) is 8.54. The van der Waals surface area contributed by atoms with Gasteiger partial charge in [0.1, 0.15) is 11.6 Å². The number of nitrogens with one attached hydrogen (secondary N) is 1. The number of likely N-dealkylation sites (N-methyl/N-ethyl adjacent to an activating group) is 1. The lowest BCUT2D eigenvalue weighted by Crippen LogP contribution is -2.35. The molecule has 0 aliphatic rings.